The van der Waals surface area contributed by atoms with Crippen LogP contribution in [0.4, 0.5) is 0 Å². The Labute approximate surface area is 106 Å². The summed E-state index contributed by atoms with van der Waals surface area (Å²) >= 11 is 0. The van der Waals surface area contributed by atoms with E-state index in [9.17, 15) is 0 Å². The second-order valence-electron chi connectivity index (χ2n) is 6.01. The van der Waals surface area contributed by atoms with E-state index in [1.807, 2.05) is 0 Å². The van der Waals surface area contributed by atoms with E-state index in [2.05, 4.69) is 38.1 Å². The van der Waals surface area contributed by atoms with Crippen LogP contribution in [0.15, 0.2) is 24.3 Å². The van der Waals surface area contributed by atoms with E-state index in [0.717, 1.165) is 11.8 Å². The van der Waals surface area contributed by atoms with Gasteiger partial charge < -0.3 is 0 Å². The van der Waals surface area contributed by atoms with Crippen LogP contribution in [0, 0.1) is 18.8 Å². The molecule has 0 saturated heterocycles. The Hall–Kier alpha value is -0.780. The van der Waals surface area contributed by atoms with Crippen LogP contribution in [0.2, 0.25) is 0 Å². The Morgan fingerprint density at radius 3 is 2.59 bits per heavy atom. The molecule has 0 unspecified atom stereocenters. The van der Waals surface area contributed by atoms with Gasteiger partial charge in [-0.25, -0.2) is 0 Å². The van der Waals surface area contributed by atoms with Crippen LogP contribution in [0.5, 0.6) is 0 Å². The lowest BCUT2D eigenvalue weighted by Gasteiger charge is -2.26. The molecule has 0 atom stereocenters. The monoisotopic (exact) mass is 230 g/mol. The summed E-state index contributed by atoms with van der Waals surface area (Å²) in [4.78, 5) is 0. The zero-order valence-corrected chi connectivity index (χ0v) is 11.4. The van der Waals surface area contributed by atoms with Gasteiger partial charge in [-0.2, -0.15) is 0 Å². The zero-order chi connectivity index (χ0) is 12.1. The van der Waals surface area contributed by atoms with E-state index in [0.29, 0.717) is 0 Å². The lowest BCUT2D eigenvalue weighted by atomic mass is 9.80. The van der Waals surface area contributed by atoms with Crippen LogP contribution in [-0.4, -0.2) is 0 Å². The highest BCUT2D eigenvalue weighted by Crippen LogP contribution is 2.31. The molecule has 17 heavy (non-hydrogen) atoms. The molecule has 0 bridgehead atoms. The topological polar surface area (TPSA) is 0 Å². The quantitative estimate of drug-likeness (QED) is 0.671. The van der Waals surface area contributed by atoms with E-state index in [-0.39, 0.29) is 0 Å². The minimum atomic E-state index is 0.989. The Bertz CT molecular complexity index is 332. The van der Waals surface area contributed by atoms with Gasteiger partial charge in [0, 0.05) is 0 Å². The van der Waals surface area contributed by atoms with Gasteiger partial charge in [0.25, 0.3) is 0 Å². The highest BCUT2D eigenvalue weighted by atomic mass is 14.2. The number of hydrogen-bond donors (Lipinski definition) is 0. The predicted octanol–water partition coefficient (Wildman–Crippen LogP) is 5.14. The fourth-order valence-electron chi connectivity index (χ4n) is 3.08. The average molecular weight is 230 g/mol. The molecule has 1 aromatic carbocycles. The Balaban J connectivity index is 1.69. The lowest BCUT2D eigenvalue weighted by Crippen LogP contribution is -2.12. The molecule has 1 aliphatic rings. The van der Waals surface area contributed by atoms with Crippen LogP contribution in [0.3, 0.4) is 0 Å². The lowest BCUT2D eigenvalue weighted by molar-refractivity contribution is 0.274. The normalized spacial score (nSPS) is 24.8. The Morgan fingerprint density at radius 1 is 1.12 bits per heavy atom. The maximum Gasteiger partial charge on any atom is -0.0279 e. The molecule has 1 aliphatic carbocycles. The molecule has 1 fully saturated rings. The summed E-state index contributed by atoms with van der Waals surface area (Å²) in [7, 11) is 0. The summed E-state index contributed by atoms with van der Waals surface area (Å²) < 4.78 is 0. The van der Waals surface area contributed by atoms with Gasteiger partial charge >= 0.3 is 0 Å². The minimum absolute atomic E-state index is 0.989. The van der Waals surface area contributed by atoms with Gasteiger partial charge in [-0.15, -0.1) is 0 Å². The van der Waals surface area contributed by atoms with Gasteiger partial charge in [-0.1, -0.05) is 68.9 Å². The molecule has 1 aromatic rings. The van der Waals surface area contributed by atoms with Gasteiger partial charge in [0.05, 0.1) is 0 Å². The van der Waals surface area contributed by atoms with Crippen molar-refractivity contribution in [2.45, 2.75) is 58.8 Å². The molecule has 0 nitrogen and oxygen atoms in total. The summed E-state index contributed by atoms with van der Waals surface area (Å²) in [6.07, 6.45) is 9.99. The molecular formula is C17H26. The molecule has 0 aliphatic heterocycles. The van der Waals surface area contributed by atoms with Gasteiger partial charge in [0.2, 0.25) is 0 Å². The van der Waals surface area contributed by atoms with Crippen molar-refractivity contribution in [3.05, 3.63) is 35.4 Å². The Kier molecular flexibility index (Phi) is 4.65. The van der Waals surface area contributed by atoms with Crippen molar-refractivity contribution in [2.75, 3.05) is 0 Å². The number of hydrogen-bond acceptors (Lipinski definition) is 0. The zero-order valence-electron chi connectivity index (χ0n) is 11.4. The molecule has 0 N–H and O–H groups in total. The highest BCUT2D eigenvalue weighted by molar-refractivity contribution is 5.22. The number of rotatable bonds is 4. The maximum atomic E-state index is 2.41. The van der Waals surface area contributed by atoms with Crippen LogP contribution in [0.1, 0.15) is 56.6 Å². The van der Waals surface area contributed by atoms with Gasteiger partial charge in [0.15, 0.2) is 0 Å². The molecule has 0 aromatic heterocycles. The average Bonchev–Trinajstić information content (AvgIpc) is 2.32. The standard InChI is InChI=1S/C17H26/c1-14-9-11-16(12-10-14)6-4-8-17-7-3-5-15(2)13-17/h3,5,7,13-14,16H,4,6,8-12H2,1-2H3. The van der Waals surface area contributed by atoms with Crippen LogP contribution in [0.25, 0.3) is 0 Å². The van der Waals surface area contributed by atoms with Gasteiger partial charge in [0.1, 0.15) is 0 Å². The van der Waals surface area contributed by atoms with Crippen LogP contribution in [-0.2, 0) is 6.42 Å². The highest BCUT2D eigenvalue weighted by Gasteiger charge is 2.17. The first-order valence-corrected chi connectivity index (χ1v) is 7.29. The van der Waals surface area contributed by atoms with E-state index in [4.69, 9.17) is 0 Å². The third-order valence-corrected chi connectivity index (χ3v) is 4.30. The molecule has 94 valence electrons. The van der Waals surface area contributed by atoms with Gasteiger partial charge in [-0.3, -0.25) is 0 Å². The molecule has 0 spiro atoms. The maximum absolute atomic E-state index is 2.41. The molecule has 0 amide bonds. The summed E-state index contributed by atoms with van der Waals surface area (Å²) in [6, 6.07) is 8.98. The summed E-state index contributed by atoms with van der Waals surface area (Å²) in [5.74, 6) is 2.01. The molecule has 0 heteroatoms. The first-order chi connectivity index (χ1) is 8.24. The van der Waals surface area contributed by atoms with E-state index < -0.39 is 0 Å². The fraction of sp³-hybridized carbons (Fsp3) is 0.647. The van der Waals surface area contributed by atoms with Crippen molar-refractivity contribution in [1.29, 1.82) is 0 Å². The third kappa shape index (κ3) is 4.18. The molecule has 0 radical (unpaired) electrons. The molecular weight excluding hydrogens is 204 g/mol. The van der Waals surface area contributed by atoms with Crippen molar-refractivity contribution < 1.29 is 0 Å². The van der Waals surface area contributed by atoms with Crippen molar-refractivity contribution in [2.24, 2.45) is 11.8 Å². The summed E-state index contributed by atoms with van der Waals surface area (Å²) in [5.41, 5.74) is 2.92. The van der Waals surface area contributed by atoms with E-state index >= 15 is 0 Å². The summed E-state index contributed by atoms with van der Waals surface area (Å²) in [5, 5.41) is 0. The third-order valence-electron chi connectivity index (χ3n) is 4.30. The summed E-state index contributed by atoms with van der Waals surface area (Å²) in [6.45, 7) is 4.59. The largest absolute Gasteiger partial charge is 0.0625 e. The predicted molar refractivity (Wildman–Crippen MR) is 75.2 cm³/mol. The first kappa shape index (κ1) is 12.7. The van der Waals surface area contributed by atoms with Gasteiger partial charge in [-0.05, 0) is 37.2 Å². The van der Waals surface area contributed by atoms with E-state index in [1.54, 1.807) is 0 Å². The molecule has 2 rings (SSSR count). The second-order valence-corrected chi connectivity index (χ2v) is 6.01. The first-order valence-electron chi connectivity index (χ1n) is 7.29. The van der Waals surface area contributed by atoms with Crippen molar-refractivity contribution in [3.8, 4) is 0 Å². The van der Waals surface area contributed by atoms with E-state index in [1.165, 1.54) is 56.1 Å². The Morgan fingerprint density at radius 2 is 1.88 bits per heavy atom. The number of benzene rings is 1. The van der Waals surface area contributed by atoms with Crippen molar-refractivity contribution in [1.82, 2.24) is 0 Å². The number of aryl methyl sites for hydroxylation is 2. The fourth-order valence-corrected chi connectivity index (χ4v) is 3.08. The molecule has 1 saturated carbocycles. The SMILES string of the molecule is Cc1cccc(CCCC2CCC(C)CC2)c1. The van der Waals surface area contributed by atoms with Crippen LogP contribution < -0.4 is 0 Å². The van der Waals surface area contributed by atoms with Crippen molar-refractivity contribution >= 4 is 0 Å². The smallest absolute Gasteiger partial charge is 0.0279 e. The minimum Gasteiger partial charge on any atom is -0.0625 e. The molecule has 0 heterocycles. The van der Waals surface area contributed by atoms with Crippen molar-refractivity contribution in [3.63, 3.8) is 0 Å². The van der Waals surface area contributed by atoms with Crippen LogP contribution >= 0.6 is 0 Å². The second kappa shape index (κ2) is 6.23.